The van der Waals surface area contributed by atoms with E-state index in [2.05, 4.69) is 9.64 Å². The Labute approximate surface area is 53.6 Å². The number of ether oxygens (including phenoxy) is 1. The fraction of sp³-hybridized carbons (Fsp3) is 0.800. The third-order valence-corrected chi connectivity index (χ3v) is 1.19. The lowest BCUT2D eigenvalue weighted by Gasteiger charge is -1.99. The molecule has 1 heterocycles. The number of hydrogen-bond acceptors (Lipinski definition) is 3. The molecule has 0 aromatic rings. The quantitative estimate of drug-likeness (QED) is 0.519. The zero-order chi connectivity index (χ0) is 6.69. The Morgan fingerprint density at radius 3 is 2.78 bits per heavy atom. The second-order valence-corrected chi connectivity index (χ2v) is 2.01. The van der Waals surface area contributed by atoms with E-state index >= 15 is 0 Å². The molecule has 1 aliphatic rings. The van der Waals surface area contributed by atoms with Crippen molar-refractivity contribution in [3.63, 3.8) is 0 Å². The van der Waals surface area contributed by atoms with Crippen molar-refractivity contribution in [1.82, 2.24) is 4.90 Å². The van der Waals surface area contributed by atoms with Crippen molar-refractivity contribution in [2.24, 2.45) is 5.73 Å². The highest BCUT2D eigenvalue weighted by atomic mass is 16.5. The molecule has 2 N–H and O–H groups in total. The number of hydrogen-bond donors (Lipinski definition) is 1. The van der Waals surface area contributed by atoms with Crippen LogP contribution in [0.15, 0.2) is 0 Å². The van der Waals surface area contributed by atoms with Crippen LogP contribution in [0, 0.1) is 0 Å². The number of carbonyl (C=O) groups is 1. The van der Waals surface area contributed by atoms with Gasteiger partial charge in [0.1, 0.15) is 6.61 Å². The van der Waals surface area contributed by atoms with Crippen LogP contribution in [0.5, 0.6) is 0 Å². The fourth-order valence-corrected chi connectivity index (χ4v) is 0.570. The Balaban J connectivity index is 1.86. The van der Waals surface area contributed by atoms with Crippen LogP contribution in [-0.4, -0.2) is 37.2 Å². The molecule has 1 aliphatic heterocycles. The van der Waals surface area contributed by atoms with Crippen molar-refractivity contribution >= 4 is 6.09 Å². The van der Waals surface area contributed by atoms with Crippen molar-refractivity contribution < 1.29 is 9.53 Å². The fourth-order valence-electron chi connectivity index (χ4n) is 0.570. The molecule has 4 nitrogen and oxygen atoms in total. The average molecular weight is 130 g/mol. The normalized spacial score (nSPS) is 17.3. The minimum absolute atomic E-state index is 0.426. The molecule has 1 rings (SSSR count). The van der Waals surface area contributed by atoms with Crippen LogP contribution >= 0.6 is 0 Å². The second-order valence-electron chi connectivity index (χ2n) is 2.01. The minimum atomic E-state index is -0.683. The van der Waals surface area contributed by atoms with E-state index in [1.807, 2.05) is 0 Å². The van der Waals surface area contributed by atoms with Gasteiger partial charge in [-0.2, -0.15) is 0 Å². The van der Waals surface area contributed by atoms with Crippen LogP contribution in [0.25, 0.3) is 0 Å². The van der Waals surface area contributed by atoms with Crippen molar-refractivity contribution in [2.45, 2.75) is 0 Å². The highest BCUT2D eigenvalue weighted by Crippen LogP contribution is 2.00. The summed E-state index contributed by atoms with van der Waals surface area (Å²) >= 11 is 0. The number of nitrogens with zero attached hydrogens (tertiary/aromatic N) is 1. The zero-order valence-electron chi connectivity index (χ0n) is 5.17. The first-order chi connectivity index (χ1) is 4.29. The van der Waals surface area contributed by atoms with Crippen LogP contribution in [0.1, 0.15) is 0 Å². The lowest BCUT2D eigenvalue weighted by molar-refractivity contribution is 0.152. The predicted molar refractivity (Wildman–Crippen MR) is 32.0 cm³/mol. The van der Waals surface area contributed by atoms with Gasteiger partial charge in [-0.05, 0) is 0 Å². The second kappa shape index (κ2) is 2.68. The van der Waals surface area contributed by atoms with Gasteiger partial charge in [-0.25, -0.2) is 4.79 Å². The molecule has 52 valence electrons. The van der Waals surface area contributed by atoms with Gasteiger partial charge >= 0.3 is 6.09 Å². The SMILES string of the molecule is NC(=O)OCCN1CC1. The molecule has 4 heteroatoms. The summed E-state index contributed by atoms with van der Waals surface area (Å²) in [7, 11) is 0. The molecule has 0 aromatic heterocycles. The minimum Gasteiger partial charge on any atom is -0.448 e. The van der Waals surface area contributed by atoms with Gasteiger partial charge in [0.05, 0.1) is 0 Å². The smallest absolute Gasteiger partial charge is 0.404 e. The highest BCUT2D eigenvalue weighted by Gasteiger charge is 2.16. The number of amides is 1. The van der Waals surface area contributed by atoms with Crippen LogP contribution in [0.3, 0.4) is 0 Å². The third-order valence-electron chi connectivity index (χ3n) is 1.19. The Morgan fingerprint density at radius 2 is 2.33 bits per heavy atom. The maximum Gasteiger partial charge on any atom is 0.404 e. The molecule has 0 spiro atoms. The van der Waals surface area contributed by atoms with Crippen molar-refractivity contribution in [2.75, 3.05) is 26.2 Å². The van der Waals surface area contributed by atoms with Gasteiger partial charge in [0.2, 0.25) is 0 Å². The molecule has 0 bridgehead atoms. The van der Waals surface area contributed by atoms with E-state index in [1.165, 1.54) is 0 Å². The van der Waals surface area contributed by atoms with Gasteiger partial charge in [-0.15, -0.1) is 0 Å². The highest BCUT2D eigenvalue weighted by molar-refractivity contribution is 5.64. The van der Waals surface area contributed by atoms with Gasteiger partial charge in [0, 0.05) is 19.6 Å². The molecule has 0 saturated carbocycles. The lowest BCUT2D eigenvalue weighted by Crippen LogP contribution is -2.17. The van der Waals surface area contributed by atoms with E-state index in [0.717, 1.165) is 19.6 Å². The topological polar surface area (TPSA) is 55.3 Å². The molecule has 0 aromatic carbocycles. The lowest BCUT2D eigenvalue weighted by atomic mass is 10.7. The molecule has 0 aliphatic carbocycles. The third kappa shape index (κ3) is 2.92. The largest absolute Gasteiger partial charge is 0.448 e. The first-order valence-electron chi connectivity index (χ1n) is 2.93. The van der Waals surface area contributed by atoms with E-state index in [1.54, 1.807) is 0 Å². The molecule has 0 radical (unpaired) electrons. The van der Waals surface area contributed by atoms with Gasteiger partial charge in [-0.3, -0.25) is 4.90 Å². The van der Waals surface area contributed by atoms with Gasteiger partial charge in [0.15, 0.2) is 0 Å². The number of nitrogens with two attached hydrogens (primary N) is 1. The van der Waals surface area contributed by atoms with Crippen LogP contribution in [0.2, 0.25) is 0 Å². The Morgan fingerprint density at radius 1 is 1.67 bits per heavy atom. The van der Waals surface area contributed by atoms with E-state index in [9.17, 15) is 4.79 Å². The molecule has 0 atom stereocenters. The molecule has 0 unspecified atom stereocenters. The standard InChI is InChI=1S/C5H10N2O2/c6-5(8)9-4-3-7-1-2-7/h1-4H2,(H2,6,8). The summed E-state index contributed by atoms with van der Waals surface area (Å²) in [5.41, 5.74) is 4.72. The van der Waals surface area contributed by atoms with Crippen molar-refractivity contribution in [3.05, 3.63) is 0 Å². The number of primary amides is 1. The average Bonchev–Trinajstić information content (AvgIpc) is 2.48. The van der Waals surface area contributed by atoms with Crippen LogP contribution in [0.4, 0.5) is 4.79 Å². The van der Waals surface area contributed by atoms with Gasteiger partial charge in [0.25, 0.3) is 0 Å². The summed E-state index contributed by atoms with van der Waals surface area (Å²) in [6.45, 7) is 3.50. The number of carbonyl (C=O) groups excluding carboxylic acids is 1. The molecule has 1 fully saturated rings. The van der Waals surface area contributed by atoms with Crippen molar-refractivity contribution in [3.8, 4) is 0 Å². The maximum atomic E-state index is 9.98. The first kappa shape index (κ1) is 6.35. The van der Waals surface area contributed by atoms with Crippen LogP contribution in [-0.2, 0) is 4.74 Å². The van der Waals surface area contributed by atoms with E-state index in [0.29, 0.717) is 6.61 Å². The molecular weight excluding hydrogens is 120 g/mol. The number of rotatable bonds is 3. The summed E-state index contributed by atoms with van der Waals surface area (Å²) < 4.78 is 4.49. The van der Waals surface area contributed by atoms with Crippen molar-refractivity contribution in [1.29, 1.82) is 0 Å². The Kier molecular flexibility index (Phi) is 1.89. The maximum absolute atomic E-state index is 9.98. The molecule has 1 saturated heterocycles. The monoisotopic (exact) mass is 130 g/mol. The molecule has 1 amide bonds. The summed E-state index contributed by atoms with van der Waals surface area (Å²) in [4.78, 5) is 12.1. The van der Waals surface area contributed by atoms with E-state index in [-0.39, 0.29) is 0 Å². The molecular formula is C5H10N2O2. The Hall–Kier alpha value is -0.770. The molecule has 9 heavy (non-hydrogen) atoms. The van der Waals surface area contributed by atoms with Crippen LogP contribution < -0.4 is 5.73 Å². The summed E-state index contributed by atoms with van der Waals surface area (Å²) in [5, 5.41) is 0. The zero-order valence-corrected chi connectivity index (χ0v) is 5.17. The first-order valence-corrected chi connectivity index (χ1v) is 2.93. The Bertz CT molecular complexity index is 112. The van der Waals surface area contributed by atoms with Gasteiger partial charge in [-0.1, -0.05) is 0 Å². The van der Waals surface area contributed by atoms with Gasteiger partial charge < -0.3 is 10.5 Å². The summed E-state index contributed by atoms with van der Waals surface area (Å²) in [6, 6.07) is 0. The van der Waals surface area contributed by atoms with E-state index in [4.69, 9.17) is 5.73 Å². The summed E-state index contributed by atoms with van der Waals surface area (Å²) in [6.07, 6.45) is -0.683. The summed E-state index contributed by atoms with van der Waals surface area (Å²) in [5.74, 6) is 0. The predicted octanol–water partition coefficient (Wildman–Crippen LogP) is -0.603. The van der Waals surface area contributed by atoms with E-state index < -0.39 is 6.09 Å².